The smallest absolute Gasteiger partial charge is 0.236 e. The molecule has 0 spiro atoms. The van der Waals surface area contributed by atoms with Gasteiger partial charge in [0.1, 0.15) is 11.3 Å². The first-order valence-electron chi connectivity index (χ1n) is 9.27. The number of carbonyl (C=O) groups excluding carboxylic acids is 1. The minimum absolute atomic E-state index is 0.160. The first-order valence-corrected chi connectivity index (χ1v) is 11.1. The predicted molar refractivity (Wildman–Crippen MR) is 119 cm³/mol. The van der Waals surface area contributed by atoms with E-state index in [0.717, 1.165) is 32.4 Å². The third-order valence-electron chi connectivity index (χ3n) is 4.35. The second-order valence-corrected chi connectivity index (χ2v) is 8.35. The number of nitrogens with one attached hydrogen (secondary N) is 2. The highest BCUT2D eigenvalue weighted by molar-refractivity contribution is 7.99. The van der Waals surface area contributed by atoms with E-state index in [4.69, 9.17) is 4.74 Å². The summed E-state index contributed by atoms with van der Waals surface area (Å²) in [7, 11) is 0. The molecule has 2 aromatic carbocycles. The van der Waals surface area contributed by atoms with E-state index in [2.05, 4.69) is 30.5 Å². The Hall–Kier alpha value is -3.24. The highest BCUT2D eigenvalue weighted by Crippen LogP contribution is 2.29. The van der Waals surface area contributed by atoms with Crippen molar-refractivity contribution in [3.63, 3.8) is 0 Å². The summed E-state index contributed by atoms with van der Waals surface area (Å²) in [5.41, 5.74) is 3.16. The van der Waals surface area contributed by atoms with E-state index in [0.29, 0.717) is 22.5 Å². The number of carbonyl (C=O) groups is 1. The van der Waals surface area contributed by atoms with Crippen molar-refractivity contribution in [2.75, 3.05) is 17.7 Å². The Morgan fingerprint density at radius 1 is 1.20 bits per heavy atom. The van der Waals surface area contributed by atoms with Crippen molar-refractivity contribution < 1.29 is 9.53 Å². The number of aromatic amines is 1. The minimum atomic E-state index is -0.176. The Labute approximate surface area is 179 Å². The van der Waals surface area contributed by atoms with Crippen molar-refractivity contribution in [3.8, 4) is 5.75 Å². The van der Waals surface area contributed by atoms with Gasteiger partial charge in [0.25, 0.3) is 0 Å². The second kappa shape index (κ2) is 7.88. The van der Waals surface area contributed by atoms with Crippen LogP contribution in [0, 0.1) is 0 Å². The molecule has 30 heavy (non-hydrogen) atoms. The Morgan fingerprint density at radius 3 is 3.00 bits per heavy atom. The van der Waals surface area contributed by atoms with Crippen LogP contribution in [0.4, 0.5) is 5.13 Å². The van der Waals surface area contributed by atoms with Gasteiger partial charge in [0.15, 0.2) is 10.8 Å². The number of hydrogen-bond acceptors (Lipinski definition) is 8. The molecular formula is C20H16N6O2S2. The molecule has 2 N–H and O–H groups in total. The summed E-state index contributed by atoms with van der Waals surface area (Å²) in [6.07, 6.45) is 0. The van der Waals surface area contributed by atoms with Gasteiger partial charge in [-0.1, -0.05) is 41.3 Å². The zero-order chi connectivity index (χ0) is 20.5. The Kier molecular flexibility index (Phi) is 4.93. The molecule has 5 rings (SSSR count). The van der Waals surface area contributed by atoms with E-state index in [-0.39, 0.29) is 11.7 Å². The fourth-order valence-electron chi connectivity index (χ4n) is 3.07. The number of nitrogens with zero attached hydrogens (tertiary/aromatic N) is 4. The van der Waals surface area contributed by atoms with Crippen LogP contribution in [0.3, 0.4) is 0 Å². The summed E-state index contributed by atoms with van der Waals surface area (Å²) in [4.78, 5) is 24.5. The fourth-order valence-corrected chi connectivity index (χ4v) is 4.56. The zero-order valence-corrected chi connectivity index (χ0v) is 17.5. The topological polar surface area (TPSA) is 106 Å². The number of fused-ring (bicyclic) bond motifs is 4. The quantitative estimate of drug-likeness (QED) is 0.383. The molecule has 0 saturated heterocycles. The summed E-state index contributed by atoms with van der Waals surface area (Å²) in [5.74, 6) is 0.775. The number of hydrogen-bond donors (Lipinski definition) is 2. The maximum atomic E-state index is 12.4. The molecule has 8 nitrogen and oxygen atoms in total. The van der Waals surface area contributed by atoms with Gasteiger partial charge in [-0.05, 0) is 31.2 Å². The second-order valence-electron chi connectivity index (χ2n) is 6.38. The lowest BCUT2D eigenvalue weighted by molar-refractivity contribution is -0.113. The first-order chi connectivity index (χ1) is 14.7. The molecular weight excluding hydrogens is 420 g/mol. The number of rotatable bonds is 6. The maximum absolute atomic E-state index is 12.4. The molecule has 0 fully saturated rings. The average molecular weight is 437 g/mol. The highest BCUT2D eigenvalue weighted by atomic mass is 32.2. The zero-order valence-electron chi connectivity index (χ0n) is 15.9. The third-order valence-corrected chi connectivity index (χ3v) is 6.12. The van der Waals surface area contributed by atoms with E-state index >= 15 is 0 Å². The molecule has 3 heterocycles. The largest absolute Gasteiger partial charge is 0.494 e. The molecule has 0 aliphatic heterocycles. The number of ether oxygens (including phenoxy) is 1. The van der Waals surface area contributed by atoms with Gasteiger partial charge in [0.2, 0.25) is 11.1 Å². The number of aromatic nitrogens is 5. The highest BCUT2D eigenvalue weighted by Gasteiger charge is 2.12. The molecule has 0 bridgehead atoms. The van der Waals surface area contributed by atoms with Crippen LogP contribution in [0.25, 0.3) is 32.3 Å². The predicted octanol–water partition coefficient (Wildman–Crippen LogP) is 4.25. The average Bonchev–Trinajstić information content (AvgIpc) is 3.32. The molecule has 0 atom stereocenters. The van der Waals surface area contributed by atoms with E-state index in [1.165, 1.54) is 23.1 Å². The van der Waals surface area contributed by atoms with Crippen molar-refractivity contribution in [1.29, 1.82) is 0 Å². The maximum Gasteiger partial charge on any atom is 0.236 e. The summed E-state index contributed by atoms with van der Waals surface area (Å²) in [5, 5.41) is 13.2. The van der Waals surface area contributed by atoms with Crippen LogP contribution in [0.2, 0.25) is 0 Å². The van der Waals surface area contributed by atoms with Gasteiger partial charge < -0.3 is 15.0 Å². The summed E-state index contributed by atoms with van der Waals surface area (Å²) in [6, 6.07) is 13.5. The van der Waals surface area contributed by atoms with E-state index in [1.54, 1.807) is 0 Å². The van der Waals surface area contributed by atoms with Crippen LogP contribution in [0.1, 0.15) is 6.92 Å². The minimum Gasteiger partial charge on any atom is -0.494 e. The molecule has 0 aliphatic rings. The fraction of sp³-hybridized carbons (Fsp3) is 0.150. The molecule has 10 heteroatoms. The van der Waals surface area contributed by atoms with Gasteiger partial charge in [-0.15, -0.1) is 10.2 Å². The number of thioether (sulfide) groups is 1. The van der Waals surface area contributed by atoms with Gasteiger partial charge in [-0.3, -0.25) is 4.79 Å². The van der Waals surface area contributed by atoms with Crippen LogP contribution in [-0.4, -0.2) is 43.4 Å². The standard InChI is InChI=1S/C20H16N6O2S2/c1-2-28-11-7-8-14-15(9-11)30-19(22-14)23-16(27)10-29-20-24-18-17(25-26-20)12-5-3-4-6-13(12)21-18/h3-9H,2,10H2,1H3,(H,21,24,26)(H,22,23,27). The number of benzene rings is 2. The molecule has 0 aliphatic carbocycles. The Balaban J connectivity index is 1.26. The van der Waals surface area contributed by atoms with Crippen LogP contribution in [0.5, 0.6) is 5.75 Å². The first kappa shape index (κ1) is 18.8. The van der Waals surface area contributed by atoms with Crippen molar-refractivity contribution in [3.05, 3.63) is 42.5 Å². The van der Waals surface area contributed by atoms with Crippen LogP contribution < -0.4 is 10.1 Å². The van der Waals surface area contributed by atoms with Gasteiger partial charge in [-0.25, -0.2) is 9.97 Å². The van der Waals surface area contributed by atoms with Crippen molar-refractivity contribution in [1.82, 2.24) is 25.1 Å². The van der Waals surface area contributed by atoms with Crippen LogP contribution in [-0.2, 0) is 4.79 Å². The van der Waals surface area contributed by atoms with Gasteiger partial charge in [-0.2, -0.15) is 0 Å². The van der Waals surface area contributed by atoms with Crippen molar-refractivity contribution in [2.24, 2.45) is 0 Å². The van der Waals surface area contributed by atoms with Gasteiger partial charge in [0.05, 0.1) is 22.6 Å². The van der Waals surface area contributed by atoms with E-state index in [1.807, 2.05) is 49.4 Å². The lowest BCUT2D eigenvalue weighted by Crippen LogP contribution is -2.14. The number of thiazole rings is 1. The Bertz CT molecular complexity index is 1380. The molecule has 3 aromatic heterocycles. The lowest BCUT2D eigenvalue weighted by Gasteiger charge is -2.00. The lowest BCUT2D eigenvalue weighted by atomic mass is 10.2. The normalized spacial score (nSPS) is 11.4. The van der Waals surface area contributed by atoms with Crippen LogP contribution in [0.15, 0.2) is 47.6 Å². The molecule has 0 unspecified atom stereocenters. The third kappa shape index (κ3) is 3.66. The van der Waals surface area contributed by atoms with E-state index < -0.39 is 0 Å². The summed E-state index contributed by atoms with van der Waals surface area (Å²) in [6.45, 7) is 2.54. The number of para-hydroxylation sites is 1. The Morgan fingerprint density at radius 2 is 2.10 bits per heavy atom. The summed E-state index contributed by atoms with van der Waals surface area (Å²) < 4.78 is 6.47. The number of anilines is 1. The number of H-pyrrole nitrogens is 1. The SMILES string of the molecule is CCOc1ccc2nc(NC(=O)CSc3nnc4c(n3)[nH]c3ccccc34)sc2c1. The van der Waals surface area contributed by atoms with Crippen molar-refractivity contribution in [2.45, 2.75) is 12.1 Å². The van der Waals surface area contributed by atoms with Gasteiger partial charge in [0, 0.05) is 10.9 Å². The van der Waals surface area contributed by atoms with E-state index in [9.17, 15) is 4.79 Å². The molecule has 150 valence electrons. The molecule has 0 radical (unpaired) electrons. The van der Waals surface area contributed by atoms with Crippen molar-refractivity contribution >= 4 is 66.4 Å². The molecule has 5 aromatic rings. The molecule has 0 saturated carbocycles. The van der Waals surface area contributed by atoms with Crippen LogP contribution >= 0.6 is 23.1 Å². The summed E-state index contributed by atoms with van der Waals surface area (Å²) >= 11 is 2.64. The number of amides is 1. The monoisotopic (exact) mass is 436 g/mol. The van der Waals surface area contributed by atoms with Gasteiger partial charge >= 0.3 is 0 Å². The molecule has 1 amide bonds.